The summed E-state index contributed by atoms with van der Waals surface area (Å²) in [5, 5.41) is 3.93. The molecule has 0 aliphatic carbocycles. The fourth-order valence-corrected chi connectivity index (χ4v) is 5.12. The lowest BCUT2D eigenvalue weighted by Crippen LogP contribution is -2.25. The summed E-state index contributed by atoms with van der Waals surface area (Å²) in [6.45, 7) is 2.97. The predicted molar refractivity (Wildman–Crippen MR) is 86.2 cm³/mol. The molecule has 1 aliphatic heterocycles. The van der Waals surface area contributed by atoms with Crippen LogP contribution in [0.2, 0.25) is 5.15 Å². The highest BCUT2D eigenvalue weighted by Gasteiger charge is 2.44. The van der Waals surface area contributed by atoms with Gasteiger partial charge in [0.15, 0.2) is 11.5 Å². The molecular weight excluding hydrogens is 394 g/mol. The van der Waals surface area contributed by atoms with Gasteiger partial charge in [-0.3, -0.25) is 4.68 Å². The summed E-state index contributed by atoms with van der Waals surface area (Å²) in [5.74, 6) is -0.386. The van der Waals surface area contributed by atoms with Gasteiger partial charge in [-0.25, -0.2) is 17.4 Å². The van der Waals surface area contributed by atoms with Crippen LogP contribution in [0.4, 0.5) is 8.78 Å². The summed E-state index contributed by atoms with van der Waals surface area (Å²) < 4.78 is 63.8. The average molecular weight is 405 g/mol. The van der Waals surface area contributed by atoms with Gasteiger partial charge >= 0.3 is 6.29 Å². The van der Waals surface area contributed by atoms with E-state index >= 15 is 0 Å². The lowest BCUT2D eigenvalue weighted by Gasteiger charge is -2.09. The van der Waals surface area contributed by atoms with E-state index < -0.39 is 16.3 Å². The van der Waals surface area contributed by atoms with Crippen molar-refractivity contribution in [1.82, 2.24) is 18.7 Å². The van der Waals surface area contributed by atoms with Crippen LogP contribution in [0.25, 0.3) is 11.0 Å². The van der Waals surface area contributed by atoms with Crippen molar-refractivity contribution in [1.29, 1.82) is 0 Å². The zero-order valence-electron chi connectivity index (χ0n) is 13.6. The van der Waals surface area contributed by atoms with Crippen LogP contribution in [0.1, 0.15) is 11.5 Å². The third kappa shape index (κ3) is 2.27. The second-order valence-electron chi connectivity index (χ2n) is 5.71. The van der Waals surface area contributed by atoms with Crippen LogP contribution in [0, 0.1) is 13.8 Å². The van der Waals surface area contributed by atoms with Gasteiger partial charge in [0.05, 0.1) is 16.7 Å². The second-order valence-corrected chi connectivity index (χ2v) is 7.79. The summed E-state index contributed by atoms with van der Waals surface area (Å²) in [4.78, 5) is 3.94. The first kappa shape index (κ1) is 17.0. The highest BCUT2D eigenvalue weighted by Crippen LogP contribution is 2.43. The van der Waals surface area contributed by atoms with Crippen LogP contribution in [0.15, 0.2) is 17.0 Å². The number of hydrogen-bond acceptors (Lipinski definition) is 6. The van der Waals surface area contributed by atoms with Gasteiger partial charge in [0.1, 0.15) is 15.9 Å². The molecule has 0 atom stereocenters. The Labute approximate surface area is 150 Å². The molecule has 0 fully saturated rings. The second kappa shape index (κ2) is 5.07. The van der Waals surface area contributed by atoms with Gasteiger partial charge in [-0.2, -0.15) is 5.10 Å². The van der Waals surface area contributed by atoms with Gasteiger partial charge in [0.25, 0.3) is 10.0 Å². The van der Waals surface area contributed by atoms with Crippen molar-refractivity contribution in [2.45, 2.75) is 25.0 Å². The van der Waals surface area contributed by atoms with Crippen molar-refractivity contribution >= 4 is 32.7 Å². The van der Waals surface area contributed by atoms with Crippen molar-refractivity contribution in [2.75, 3.05) is 0 Å². The highest BCUT2D eigenvalue weighted by atomic mass is 35.5. The molecule has 1 aliphatic rings. The van der Waals surface area contributed by atoms with E-state index in [1.54, 1.807) is 0 Å². The molecule has 3 aromatic rings. The first-order valence-electron chi connectivity index (χ1n) is 7.25. The van der Waals surface area contributed by atoms with Crippen molar-refractivity contribution < 1.29 is 26.7 Å². The standard InChI is InChI=1S/C14H11ClF2N4O4S/c1-6-12(13(15)20(3)19-6)26(22,23)21-7(2)18-8-4-10-11(5-9(8)21)25-14(16,17)24-10/h4-5H,1-3H3. The first-order chi connectivity index (χ1) is 12.0. The van der Waals surface area contributed by atoms with Gasteiger partial charge in [-0.15, -0.1) is 8.78 Å². The van der Waals surface area contributed by atoms with E-state index in [9.17, 15) is 17.2 Å². The maximum Gasteiger partial charge on any atom is 0.586 e. The smallest absolute Gasteiger partial charge is 0.395 e. The maximum atomic E-state index is 13.3. The largest absolute Gasteiger partial charge is 0.586 e. The molecule has 0 radical (unpaired) electrons. The number of alkyl halides is 2. The molecule has 8 nitrogen and oxygen atoms in total. The Balaban J connectivity index is 1.99. The third-order valence-corrected chi connectivity index (χ3v) is 6.38. The molecule has 0 spiro atoms. The van der Waals surface area contributed by atoms with E-state index in [2.05, 4.69) is 19.6 Å². The number of nitrogens with zero attached hydrogens (tertiary/aromatic N) is 4. The van der Waals surface area contributed by atoms with E-state index in [-0.39, 0.29) is 44.1 Å². The Morgan fingerprint density at radius 3 is 2.38 bits per heavy atom. The van der Waals surface area contributed by atoms with Crippen molar-refractivity contribution in [3.63, 3.8) is 0 Å². The van der Waals surface area contributed by atoms with E-state index in [1.165, 1.54) is 31.6 Å². The number of aryl methyl sites for hydroxylation is 3. The molecule has 0 saturated heterocycles. The fraction of sp³-hybridized carbons (Fsp3) is 0.286. The molecule has 138 valence electrons. The van der Waals surface area contributed by atoms with Crippen LogP contribution >= 0.6 is 11.6 Å². The van der Waals surface area contributed by atoms with Gasteiger partial charge in [0.2, 0.25) is 0 Å². The molecule has 2 aromatic heterocycles. The van der Waals surface area contributed by atoms with Crippen molar-refractivity contribution in [3.05, 3.63) is 28.8 Å². The normalized spacial score (nSPS) is 15.8. The lowest BCUT2D eigenvalue weighted by atomic mass is 10.3. The van der Waals surface area contributed by atoms with Crippen molar-refractivity contribution in [2.24, 2.45) is 7.05 Å². The van der Waals surface area contributed by atoms with Crippen LogP contribution in [-0.2, 0) is 17.1 Å². The number of fused-ring (bicyclic) bond motifs is 2. The van der Waals surface area contributed by atoms with Gasteiger partial charge in [-0.1, -0.05) is 11.6 Å². The number of aromatic nitrogens is 4. The maximum absolute atomic E-state index is 13.3. The Kier molecular flexibility index (Phi) is 3.32. The summed E-state index contributed by atoms with van der Waals surface area (Å²) in [5.41, 5.74) is 0.414. The summed E-state index contributed by atoms with van der Waals surface area (Å²) >= 11 is 6.09. The lowest BCUT2D eigenvalue weighted by molar-refractivity contribution is -0.286. The number of ether oxygens (including phenoxy) is 2. The average Bonchev–Trinajstić information content (AvgIpc) is 3.05. The fourth-order valence-electron chi connectivity index (χ4n) is 2.92. The molecule has 0 N–H and O–H groups in total. The zero-order chi connectivity index (χ0) is 19.0. The van der Waals surface area contributed by atoms with Gasteiger partial charge in [0, 0.05) is 19.2 Å². The monoisotopic (exact) mass is 404 g/mol. The minimum Gasteiger partial charge on any atom is -0.395 e. The highest BCUT2D eigenvalue weighted by molar-refractivity contribution is 7.90. The third-order valence-electron chi connectivity index (χ3n) is 3.89. The molecule has 26 heavy (non-hydrogen) atoms. The van der Waals surface area contributed by atoms with Crippen LogP contribution < -0.4 is 9.47 Å². The molecule has 3 heterocycles. The Morgan fingerprint density at radius 2 is 1.81 bits per heavy atom. The molecule has 4 rings (SSSR count). The van der Waals surface area contributed by atoms with Crippen LogP contribution in [0.5, 0.6) is 11.5 Å². The quantitative estimate of drug-likeness (QED) is 0.652. The van der Waals surface area contributed by atoms with Crippen LogP contribution in [0.3, 0.4) is 0 Å². The molecule has 0 saturated carbocycles. The summed E-state index contributed by atoms with van der Waals surface area (Å²) in [6, 6.07) is 2.34. The number of benzene rings is 1. The molecule has 0 amide bonds. The number of halogens is 3. The summed E-state index contributed by atoms with van der Waals surface area (Å²) in [6.07, 6.45) is -3.82. The Morgan fingerprint density at radius 1 is 1.19 bits per heavy atom. The van der Waals surface area contributed by atoms with Gasteiger partial charge < -0.3 is 9.47 Å². The van der Waals surface area contributed by atoms with E-state index in [0.29, 0.717) is 0 Å². The number of hydrogen-bond donors (Lipinski definition) is 0. The first-order valence-corrected chi connectivity index (χ1v) is 9.07. The van der Waals surface area contributed by atoms with E-state index in [1.807, 2.05) is 0 Å². The van der Waals surface area contributed by atoms with Gasteiger partial charge in [-0.05, 0) is 13.8 Å². The Hall–Kier alpha value is -2.40. The van der Waals surface area contributed by atoms with Crippen LogP contribution in [-0.4, -0.2) is 33.4 Å². The molecular formula is C14H11ClF2N4O4S. The van der Waals surface area contributed by atoms with Crippen molar-refractivity contribution in [3.8, 4) is 11.5 Å². The minimum absolute atomic E-state index is 0.0573. The number of rotatable bonds is 2. The van der Waals surface area contributed by atoms with E-state index in [0.717, 1.165) is 10.0 Å². The predicted octanol–water partition coefficient (Wildman–Crippen LogP) is 2.60. The molecule has 0 unspecified atom stereocenters. The molecule has 1 aromatic carbocycles. The molecule has 0 bridgehead atoms. The minimum atomic E-state index is -4.18. The SMILES string of the molecule is Cc1nn(C)c(Cl)c1S(=O)(=O)n1c(C)nc2cc3c(cc21)OC(F)(F)O3. The summed E-state index contributed by atoms with van der Waals surface area (Å²) in [7, 11) is -2.68. The molecule has 12 heteroatoms. The van der Waals surface area contributed by atoms with E-state index in [4.69, 9.17) is 11.6 Å². The zero-order valence-corrected chi connectivity index (χ0v) is 15.2. The Bertz CT molecular complexity index is 1190. The topological polar surface area (TPSA) is 88.2 Å². The number of imidazole rings is 1.